The van der Waals surface area contributed by atoms with E-state index in [0.717, 1.165) is 4.81 Å². The molecule has 4 heteroatoms. The van der Waals surface area contributed by atoms with Gasteiger partial charge in [-0.15, -0.1) is 6.04 Å². The first-order valence-electron chi connectivity index (χ1n) is 1.93. The van der Waals surface area contributed by atoms with Gasteiger partial charge in [-0.25, -0.2) is 0 Å². The van der Waals surface area contributed by atoms with E-state index in [2.05, 4.69) is 6.92 Å². The van der Waals surface area contributed by atoms with Gasteiger partial charge in [0.05, 0.1) is 0 Å². The summed E-state index contributed by atoms with van der Waals surface area (Å²) in [6.45, 7) is 5.15. The smallest absolute Gasteiger partial charge is 0.594 e. The van der Waals surface area contributed by atoms with Crippen LogP contribution in [0.1, 0.15) is 6.92 Å². The number of hydrogen-bond donors (Lipinski definition) is 0. The van der Waals surface area contributed by atoms with Crippen LogP contribution < -0.4 is 0 Å². The molecule has 1 atom stereocenters. The van der Waals surface area contributed by atoms with Crippen LogP contribution in [-0.4, -0.2) is 25.2 Å². The van der Waals surface area contributed by atoms with Crippen LogP contribution in [0.3, 0.4) is 0 Å². The predicted octanol–water partition coefficient (Wildman–Crippen LogP) is -0.338. The first-order valence-corrected chi connectivity index (χ1v) is 1.93. The molecular formula is C4H6BNOU. The van der Waals surface area contributed by atoms with Crippen molar-refractivity contribution >= 4 is 14.4 Å². The van der Waals surface area contributed by atoms with Crippen molar-refractivity contribution in [3.63, 3.8) is 0 Å². The summed E-state index contributed by atoms with van der Waals surface area (Å²) in [5.41, 5.74) is 0. The largest absolute Gasteiger partial charge is 2.00 e. The fourth-order valence-electron chi connectivity index (χ4n) is 0.0900. The van der Waals surface area contributed by atoms with Gasteiger partial charge >= 0.3 is 31.1 Å². The third-order valence-corrected chi connectivity index (χ3v) is 0.580. The van der Waals surface area contributed by atoms with E-state index < -0.39 is 0 Å². The van der Waals surface area contributed by atoms with E-state index in [4.69, 9.17) is 7.98 Å². The second-order valence-corrected chi connectivity index (χ2v) is 1.35. The van der Waals surface area contributed by atoms with Crippen molar-refractivity contribution in [3.05, 3.63) is 6.92 Å². The van der Waals surface area contributed by atoms with Gasteiger partial charge in [0.15, 0.2) is 7.98 Å². The van der Waals surface area contributed by atoms with Crippen molar-refractivity contribution in [2.24, 2.45) is 0 Å². The second-order valence-electron chi connectivity index (χ2n) is 1.35. The molecule has 1 amide bonds. The van der Waals surface area contributed by atoms with Crippen LogP contribution in [0.15, 0.2) is 0 Å². The summed E-state index contributed by atoms with van der Waals surface area (Å²) in [6, 6.07) is -0.197. The van der Waals surface area contributed by atoms with E-state index in [1.165, 1.54) is 6.41 Å². The molecule has 0 aliphatic rings. The summed E-state index contributed by atoms with van der Waals surface area (Å²) in [5.74, 6) is 0. The fraction of sp³-hybridized carbons (Fsp3) is 0.500. The Hall–Kier alpha value is 0.587. The first-order chi connectivity index (χ1) is 3.18. The van der Waals surface area contributed by atoms with Crippen molar-refractivity contribution in [1.82, 2.24) is 4.81 Å². The van der Waals surface area contributed by atoms with Crippen LogP contribution in [0.2, 0.25) is 0 Å². The quantitative estimate of drug-likeness (QED) is 0.385. The minimum absolute atomic E-state index is 0. The molecule has 0 heterocycles. The van der Waals surface area contributed by atoms with Gasteiger partial charge in [-0.05, 0) is 0 Å². The topological polar surface area (TPSA) is 20.3 Å². The van der Waals surface area contributed by atoms with Crippen LogP contribution in [0.4, 0.5) is 0 Å². The number of rotatable bonds is 2. The Kier molecular flexibility index (Phi) is 8.14. The third kappa shape index (κ3) is 4.74. The van der Waals surface area contributed by atoms with Crippen molar-refractivity contribution in [3.8, 4) is 0 Å². The number of hydrogen-bond acceptors (Lipinski definition) is 1. The number of amides is 1. The Bertz CT molecular complexity index is 69.1. The van der Waals surface area contributed by atoms with Gasteiger partial charge in [-0.2, -0.15) is 6.41 Å². The Morgan fingerprint density at radius 3 is 2.25 bits per heavy atom. The SMILES string of the molecule is [B]N([C-]=O)C([CH2-])C.[U+2]. The molecule has 40 valence electrons. The molecule has 0 N–H and O–H groups in total. The molecule has 0 aromatic heterocycles. The zero-order valence-corrected chi connectivity index (χ0v) is 8.88. The summed E-state index contributed by atoms with van der Waals surface area (Å²) in [7, 11) is 4.96. The molecule has 0 aromatic rings. The maximum absolute atomic E-state index is 9.58. The van der Waals surface area contributed by atoms with Gasteiger partial charge in [0, 0.05) is 0 Å². The van der Waals surface area contributed by atoms with E-state index in [1.54, 1.807) is 6.92 Å². The monoisotopic (exact) mass is 333 g/mol. The van der Waals surface area contributed by atoms with Gasteiger partial charge in [0.2, 0.25) is 0 Å². The average Bonchev–Trinajstić information content (AvgIpc) is 1.65. The molecule has 0 fully saturated rings. The van der Waals surface area contributed by atoms with Gasteiger partial charge in [-0.1, -0.05) is 6.92 Å². The number of nitrogens with zero attached hydrogens (tertiary/aromatic N) is 1. The van der Waals surface area contributed by atoms with Gasteiger partial charge in [0.1, 0.15) is 0 Å². The Morgan fingerprint density at radius 1 is 1.88 bits per heavy atom. The molecule has 0 aliphatic heterocycles. The van der Waals surface area contributed by atoms with Crippen LogP contribution in [0.25, 0.3) is 0 Å². The van der Waals surface area contributed by atoms with E-state index in [0.29, 0.717) is 0 Å². The molecule has 0 saturated heterocycles. The van der Waals surface area contributed by atoms with Crippen molar-refractivity contribution in [2.45, 2.75) is 13.0 Å². The molecule has 2 radical (unpaired) electrons. The van der Waals surface area contributed by atoms with Gasteiger partial charge in [-0.3, -0.25) is 0 Å². The first kappa shape index (κ1) is 11.4. The zero-order valence-electron chi connectivity index (χ0n) is 4.72. The Morgan fingerprint density at radius 2 is 2.25 bits per heavy atom. The minimum atomic E-state index is -0.197. The Balaban J connectivity index is 0. The number of carbonyl (C=O) groups excluding carboxylic acids is 1. The van der Waals surface area contributed by atoms with E-state index in [1.807, 2.05) is 0 Å². The van der Waals surface area contributed by atoms with E-state index >= 15 is 0 Å². The molecule has 0 aromatic carbocycles. The van der Waals surface area contributed by atoms with Gasteiger partial charge < -0.3 is 16.5 Å². The van der Waals surface area contributed by atoms with Crippen molar-refractivity contribution < 1.29 is 35.9 Å². The summed E-state index contributed by atoms with van der Waals surface area (Å²) in [6.07, 6.45) is 1.46. The average molecular weight is 333 g/mol. The van der Waals surface area contributed by atoms with Gasteiger partial charge in [0.25, 0.3) is 0 Å². The molecular weight excluding hydrogens is 327 g/mol. The predicted molar refractivity (Wildman–Crippen MR) is 28.1 cm³/mol. The minimum Gasteiger partial charge on any atom is -0.594 e. The molecule has 0 bridgehead atoms. The molecule has 1 unspecified atom stereocenters. The summed E-state index contributed by atoms with van der Waals surface area (Å²) < 4.78 is 0. The summed E-state index contributed by atoms with van der Waals surface area (Å²) >= 11 is 0. The Labute approximate surface area is 74.8 Å². The van der Waals surface area contributed by atoms with Crippen molar-refractivity contribution in [1.29, 1.82) is 0 Å². The van der Waals surface area contributed by atoms with Crippen LogP contribution in [0, 0.1) is 38.0 Å². The van der Waals surface area contributed by atoms with E-state index in [9.17, 15) is 4.79 Å². The standard InChI is InChI=1S/C4H6BNO.U/c1-4(2)6(5)3-7;/h4H,1H2,2H3;/q-2;+2. The van der Waals surface area contributed by atoms with Crippen LogP contribution >= 0.6 is 0 Å². The normalized spacial score (nSPS) is 11.2. The van der Waals surface area contributed by atoms with Crippen molar-refractivity contribution in [2.75, 3.05) is 0 Å². The molecule has 2 nitrogen and oxygen atoms in total. The molecule has 0 saturated carbocycles. The van der Waals surface area contributed by atoms with E-state index in [-0.39, 0.29) is 37.2 Å². The third-order valence-electron chi connectivity index (χ3n) is 0.580. The molecule has 0 aliphatic carbocycles. The van der Waals surface area contributed by atoms with Crippen LogP contribution in [-0.2, 0) is 4.79 Å². The summed E-state index contributed by atoms with van der Waals surface area (Å²) in [4.78, 5) is 10.5. The van der Waals surface area contributed by atoms with Crippen LogP contribution in [0.5, 0.6) is 0 Å². The maximum Gasteiger partial charge on any atom is 2.00 e. The summed E-state index contributed by atoms with van der Waals surface area (Å²) in [5, 5.41) is 0. The second kappa shape index (κ2) is 5.72. The fourth-order valence-corrected chi connectivity index (χ4v) is 0.0900. The molecule has 0 spiro atoms. The molecule has 8 heavy (non-hydrogen) atoms. The molecule has 0 rings (SSSR count). The maximum atomic E-state index is 9.58. The zero-order chi connectivity index (χ0) is 5.86.